The Labute approximate surface area is 205 Å². The maximum atomic E-state index is 12.9. The van der Waals surface area contributed by atoms with Gasteiger partial charge in [0.1, 0.15) is 0 Å². The summed E-state index contributed by atoms with van der Waals surface area (Å²) in [6, 6.07) is 13.1. The average molecular weight is 499 g/mol. The van der Waals surface area contributed by atoms with Crippen molar-refractivity contribution in [2.45, 2.75) is 37.1 Å². The van der Waals surface area contributed by atoms with Crippen LogP contribution in [0.25, 0.3) is 6.08 Å². The molecule has 0 bridgehead atoms. The third-order valence-corrected chi connectivity index (χ3v) is 7.53. The molecule has 4 N–H and O–H groups in total. The topological polar surface area (TPSA) is 139 Å². The number of primary amides is 1. The fourth-order valence-electron chi connectivity index (χ4n) is 3.65. The first-order valence-electron chi connectivity index (χ1n) is 11.5. The summed E-state index contributed by atoms with van der Waals surface area (Å²) >= 11 is 0. The van der Waals surface area contributed by atoms with Crippen LogP contribution in [-0.4, -0.2) is 50.1 Å². The third-order valence-electron chi connectivity index (χ3n) is 5.62. The van der Waals surface area contributed by atoms with Gasteiger partial charge in [-0.05, 0) is 54.3 Å². The predicted octanol–water partition coefficient (Wildman–Crippen LogP) is 1.80. The zero-order valence-corrected chi connectivity index (χ0v) is 20.2. The lowest BCUT2D eigenvalue weighted by Crippen LogP contribution is -2.33. The van der Waals surface area contributed by atoms with Crippen LogP contribution in [0.1, 0.15) is 47.2 Å². The van der Waals surface area contributed by atoms with E-state index in [0.717, 1.165) is 31.2 Å². The number of carbonyl (C=O) groups is 3. The van der Waals surface area contributed by atoms with Crippen LogP contribution >= 0.6 is 0 Å². The van der Waals surface area contributed by atoms with Gasteiger partial charge in [0.2, 0.25) is 21.8 Å². The van der Waals surface area contributed by atoms with Gasteiger partial charge < -0.3 is 16.4 Å². The Hall–Kier alpha value is -3.50. The fourth-order valence-corrected chi connectivity index (χ4v) is 5.16. The van der Waals surface area contributed by atoms with Crippen molar-refractivity contribution >= 4 is 33.8 Å². The molecule has 186 valence electrons. The third kappa shape index (κ3) is 7.76. The van der Waals surface area contributed by atoms with Gasteiger partial charge in [-0.15, -0.1) is 0 Å². The molecule has 1 aliphatic rings. The van der Waals surface area contributed by atoms with Crippen molar-refractivity contribution in [1.82, 2.24) is 14.9 Å². The molecule has 1 heterocycles. The van der Waals surface area contributed by atoms with E-state index in [0.29, 0.717) is 24.2 Å². The van der Waals surface area contributed by atoms with Gasteiger partial charge in [0.25, 0.3) is 5.91 Å². The molecule has 1 saturated heterocycles. The van der Waals surface area contributed by atoms with Crippen molar-refractivity contribution in [2.24, 2.45) is 5.73 Å². The highest BCUT2D eigenvalue weighted by Gasteiger charge is 2.24. The van der Waals surface area contributed by atoms with Crippen molar-refractivity contribution in [3.63, 3.8) is 0 Å². The lowest BCUT2D eigenvalue weighted by Gasteiger charge is -2.19. The molecular weight excluding hydrogens is 468 g/mol. The maximum Gasteiger partial charge on any atom is 0.251 e. The number of nitrogens with two attached hydrogens (primary N) is 1. The Bertz CT molecular complexity index is 1170. The molecule has 0 unspecified atom stereocenters. The van der Waals surface area contributed by atoms with Crippen LogP contribution in [0, 0.1) is 0 Å². The van der Waals surface area contributed by atoms with Crippen molar-refractivity contribution in [1.29, 1.82) is 0 Å². The summed E-state index contributed by atoms with van der Waals surface area (Å²) in [6.07, 6.45) is 6.86. The summed E-state index contributed by atoms with van der Waals surface area (Å²) in [7, 11) is -3.50. The highest BCUT2D eigenvalue weighted by molar-refractivity contribution is 7.89. The quantitative estimate of drug-likeness (QED) is 0.453. The van der Waals surface area contributed by atoms with E-state index >= 15 is 0 Å². The van der Waals surface area contributed by atoms with Crippen molar-refractivity contribution in [3.05, 3.63) is 71.3 Å². The summed E-state index contributed by atoms with van der Waals surface area (Å²) in [4.78, 5) is 35.1. The zero-order chi connectivity index (χ0) is 25.3. The van der Waals surface area contributed by atoms with E-state index in [2.05, 4.69) is 10.6 Å². The minimum absolute atomic E-state index is 0.236. The molecule has 2 aromatic rings. The number of hydrogen-bond acceptors (Lipinski definition) is 5. The second kappa shape index (κ2) is 12.3. The first-order chi connectivity index (χ1) is 16.8. The number of carbonyl (C=O) groups excluding carboxylic acids is 3. The van der Waals surface area contributed by atoms with E-state index in [9.17, 15) is 22.8 Å². The number of rotatable bonds is 9. The fraction of sp³-hybridized carbons (Fsp3) is 0.320. The van der Waals surface area contributed by atoms with Crippen LogP contribution in [0.3, 0.4) is 0 Å². The molecule has 0 aromatic heterocycles. The van der Waals surface area contributed by atoms with Gasteiger partial charge in [-0.2, -0.15) is 4.31 Å². The molecule has 1 fully saturated rings. The van der Waals surface area contributed by atoms with E-state index < -0.39 is 21.8 Å². The summed E-state index contributed by atoms with van der Waals surface area (Å²) < 4.78 is 27.3. The number of amides is 3. The normalized spacial score (nSPS) is 14.9. The van der Waals surface area contributed by atoms with Gasteiger partial charge in [0.15, 0.2) is 0 Å². The molecule has 3 amide bonds. The van der Waals surface area contributed by atoms with E-state index in [-0.39, 0.29) is 23.9 Å². The van der Waals surface area contributed by atoms with Crippen molar-refractivity contribution < 1.29 is 22.8 Å². The summed E-state index contributed by atoms with van der Waals surface area (Å²) in [5.41, 5.74) is 6.88. The highest BCUT2D eigenvalue weighted by Crippen LogP contribution is 2.21. The van der Waals surface area contributed by atoms with Crippen molar-refractivity contribution in [3.8, 4) is 0 Å². The first-order valence-corrected chi connectivity index (χ1v) is 12.9. The number of sulfonamides is 1. The van der Waals surface area contributed by atoms with Crippen LogP contribution in [0.15, 0.2) is 59.5 Å². The first kappa shape index (κ1) is 26.1. The summed E-state index contributed by atoms with van der Waals surface area (Å²) in [6.45, 7) is 1.13. The lowest BCUT2D eigenvalue weighted by molar-refractivity contribution is -0.117. The standard InChI is InChI=1S/C25H30N4O5S/c26-23(30)18-28-25(32)21-10-5-20(6-11-21)17-27-24(31)14-9-19-7-12-22(13-8-19)35(33,34)29-15-3-1-2-4-16-29/h5-14H,1-4,15-18H2,(H2,26,30)(H,27,31)(H,28,32)/b14-9+. The predicted molar refractivity (Wildman–Crippen MR) is 133 cm³/mol. The van der Waals surface area contributed by atoms with Crippen molar-refractivity contribution in [2.75, 3.05) is 19.6 Å². The molecule has 1 aliphatic heterocycles. The second-order valence-corrected chi connectivity index (χ2v) is 10.2. The van der Waals surface area contributed by atoms with Crippen LogP contribution < -0.4 is 16.4 Å². The average Bonchev–Trinajstić information content (AvgIpc) is 3.16. The number of nitrogens with zero attached hydrogens (tertiary/aromatic N) is 1. The van der Waals surface area contributed by atoms with Crippen LogP contribution in [0.5, 0.6) is 0 Å². The smallest absolute Gasteiger partial charge is 0.251 e. The monoisotopic (exact) mass is 498 g/mol. The van der Waals surface area contributed by atoms with Gasteiger partial charge in [-0.1, -0.05) is 37.1 Å². The second-order valence-electron chi connectivity index (χ2n) is 8.28. The number of hydrogen-bond donors (Lipinski definition) is 3. The molecule has 35 heavy (non-hydrogen) atoms. The lowest BCUT2D eigenvalue weighted by atomic mass is 10.1. The molecule has 0 atom stereocenters. The number of nitrogens with one attached hydrogen (secondary N) is 2. The Morgan fingerprint density at radius 1 is 0.886 bits per heavy atom. The van der Waals surface area contributed by atoms with E-state index in [4.69, 9.17) is 5.73 Å². The Kier molecular flexibility index (Phi) is 9.16. The van der Waals surface area contributed by atoms with Gasteiger partial charge >= 0.3 is 0 Å². The Morgan fingerprint density at radius 2 is 1.51 bits per heavy atom. The van der Waals surface area contributed by atoms with Gasteiger partial charge in [-0.3, -0.25) is 14.4 Å². The number of benzene rings is 2. The molecule has 2 aromatic carbocycles. The molecule has 9 nitrogen and oxygen atoms in total. The van der Waals surface area contributed by atoms with E-state index in [1.807, 2.05) is 0 Å². The van der Waals surface area contributed by atoms with Gasteiger partial charge in [0.05, 0.1) is 11.4 Å². The maximum absolute atomic E-state index is 12.9. The van der Waals surface area contributed by atoms with Crippen LogP contribution in [-0.2, 0) is 26.2 Å². The van der Waals surface area contributed by atoms with Gasteiger partial charge in [0, 0.05) is 31.3 Å². The minimum atomic E-state index is -3.50. The molecule has 3 rings (SSSR count). The largest absolute Gasteiger partial charge is 0.368 e. The molecule has 0 radical (unpaired) electrons. The van der Waals surface area contributed by atoms with E-state index in [1.54, 1.807) is 58.9 Å². The van der Waals surface area contributed by atoms with Crippen LogP contribution in [0.2, 0.25) is 0 Å². The summed E-state index contributed by atoms with van der Waals surface area (Å²) in [5.74, 6) is -1.35. The van der Waals surface area contributed by atoms with Gasteiger partial charge in [-0.25, -0.2) is 8.42 Å². The summed E-state index contributed by atoms with van der Waals surface area (Å²) in [5, 5.41) is 5.16. The molecule has 0 saturated carbocycles. The highest BCUT2D eigenvalue weighted by atomic mass is 32.2. The van der Waals surface area contributed by atoms with Crippen LogP contribution in [0.4, 0.5) is 0 Å². The molecule has 0 aliphatic carbocycles. The van der Waals surface area contributed by atoms with E-state index in [1.165, 1.54) is 6.08 Å². The minimum Gasteiger partial charge on any atom is -0.368 e. The molecule has 10 heteroatoms. The molecule has 0 spiro atoms. The zero-order valence-electron chi connectivity index (χ0n) is 19.4. The Morgan fingerprint density at radius 3 is 2.11 bits per heavy atom. The Balaban J connectivity index is 1.51. The molecular formula is C25H30N4O5S. The SMILES string of the molecule is NC(=O)CNC(=O)c1ccc(CNC(=O)/C=C/c2ccc(S(=O)(=O)N3CCCCCC3)cc2)cc1.